The fourth-order valence-electron chi connectivity index (χ4n) is 2.13. The van der Waals surface area contributed by atoms with Gasteiger partial charge in [-0.25, -0.2) is 4.68 Å². The van der Waals surface area contributed by atoms with Gasteiger partial charge in [0.25, 0.3) is 0 Å². The lowest BCUT2D eigenvalue weighted by atomic mass is 10.1. The molecule has 1 aliphatic rings. The zero-order valence-electron chi connectivity index (χ0n) is 12.0. The topological polar surface area (TPSA) is 55.6 Å². The maximum absolute atomic E-state index is 4.18. The molecule has 1 unspecified atom stereocenters. The van der Waals surface area contributed by atoms with Crippen molar-refractivity contribution >= 4 is 0 Å². The summed E-state index contributed by atoms with van der Waals surface area (Å²) in [6.07, 6.45) is 5.09. The molecule has 18 heavy (non-hydrogen) atoms. The first-order valence-electron chi connectivity index (χ1n) is 7.01. The van der Waals surface area contributed by atoms with Crippen LogP contribution in [0.25, 0.3) is 0 Å². The van der Waals surface area contributed by atoms with Gasteiger partial charge >= 0.3 is 0 Å². The van der Waals surface area contributed by atoms with Crippen molar-refractivity contribution < 1.29 is 0 Å². The first-order chi connectivity index (χ1) is 8.49. The Morgan fingerprint density at radius 2 is 2.11 bits per heavy atom. The molecule has 1 aromatic rings. The van der Waals surface area contributed by atoms with Crippen molar-refractivity contribution in [2.75, 3.05) is 0 Å². The molecule has 1 aromatic heterocycles. The zero-order chi connectivity index (χ0) is 13.2. The van der Waals surface area contributed by atoms with Gasteiger partial charge in [0.05, 0.1) is 12.6 Å². The number of aromatic nitrogens is 4. The number of nitrogens with zero attached hydrogens (tertiary/aromatic N) is 4. The van der Waals surface area contributed by atoms with Crippen LogP contribution in [0.4, 0.5) is 0 Å². The second kappa shape index (κ2) is 5.34. The van der Waals surface area contributed by atoms with E-state index in [1.54, 1.807) is 0 Å². The summed E-state index contributed by atoms with van der Waals surface area (Å²) < 4.78 is 2.02. The van der Waals surface area contributed by atoms with Crippen molar-refractivity contribution in [3.63, 3.8) is 0 Å². The molecule has 0 spiro atoms. The van der Waals surface area contributed by atoms with Crippen molar-refractivity contribution in [1.82, 2.24) is 25.5 Å². The van der Waals surface area contributed by atoms with Gasteiger partial charge in [-0.15, -0.1) is 5.10 Å². The van der Waals surface area contributed by atoms with Gasteiger partial charge in [0, 0.05) is 5.54 Å². The van der Waals surface area contributed by atoms with Crippen LogP contribution in [0.2, 0.25) is 0 Å². The van der Waals surface area contributed by atoms with Gasteiger partial charge in [-0.2, -0.15) is 0 Å². The van der Waals surface area contributed by atoms with Crippen LogP contribution in [0.15, 0.2) is 0 Å². The van der Waals surface area contributed by atoms with Crippen LogP contribution in [0, 0.1) is 5.92 Å². The molecular formula is C13H25N5. The number of rotatable bonds is 6. The molecule has 0 aliphatic heterocycles. The lowest BCUT2D eigenvalue weighted by Gasteiger charge is -2.21. The Bertz CT molecular complexity index is 375. The highest BCUT2D eigenvalue weighted by molar-refractivity contribution is 4.88. The van der Waals surface area contributed by atoms with Crippen molar-refractivity contribution in [3.05, 3.63) is 5.82 Å². The normalized spacial score (nSPS) is 18.0. The van der Waals surface area contributed by atoms with E-state index in [0.29, 0.717) is 6.04 Å². The quantitative estimate of drug-likeness (QED) is 0.843. The summed E-state index contributed by atoms with van der Waals surface area (Å²) in [5.74, 6) is 1.86. The monoisotopic (exact) mass is 251 g/mol. The molecule has 2 rings (SSSR count). The smallest absolute Gasteiger partial charge is 0.165 e. The number of nitrogens with one attached hydrogen (secondary N) is 1. The first-order valence-corrected chi connectivity index (χ1v) is 7.01. The second-order valence-corrected chi connectivity index (χ2v) is 6.38. The van der Waals surface area contributed by atoms with Crippen molar-refractivity contribution in [2.24, 2.45) is 5.92 Å². The Morgan fingerprint density at radius 3 is 2.67 bits per heavy atom. The van der Waals surface area contributed by atoms with Crippen LogP contribution in [-0.2, 0) is 6.54 Å². The van der Waals surface area contributed by atoms with E-state index in [1.165, 1.54) is 19.3 Å². The van der Waals surface area contributed by atoms with Crippen molar-refractivity contribution in [1.29, 1.82) is 0 Å². The van der Waals surface area contributed by atoms with Crippen LogP contribution < -0.4 is 5.32 Å². The molecule has 5 nitrogen and oxygen atoms in total. The molecule has 5 heteroatoms. The summed E-state index contributed by atoms with van der Waals surface area (Å²) in [4.78, 5) is 0. The van der Waals surface area contributed by atoms with Crippen molar-refractivity contribution in [2.45, 2.75) is 71.5 Å². The second-order valence-electron chi connectivity index (χ2n) is 6.38. The van der Waals surface area contributed by atoms with Gasteiger partial charge in [-0.1, -0.05) is 19.8 Å². The molecule has 0 amide bonds. The van der Waals surface area contributed by atoms with E-state index in [1.807, 2.05) is 4.68 Å². The molecule has 1 atom stereocenters. The Morgan fingerprint density at radius 1 is 1.39 bits per heavy atom. The molecule has 102 valence electrons. The summed E-state index contributed by atoms with van der Waals surface area (Å²) in [6, 6.07) is 0.462. The van der Waals surface area contributed by atoms with E-state index in [2.05, 4.69) is 48.5 Å². The highest BCUT2D eigenvalue weighted by Crippen LogP contribution is 2.37. The summed E-state index contributed by atoms with van der Waals surface area (Å²) in [6.45, 7) is 9.42. The largest absolute Gasteiger partial charge is 0.305 e. The van der Waals surface area contributed by atoms with Gasteiger partial charge < -0.3 is 5.32 Å². The predicted molar refractivity (Wildman–Crippen MR) is 71.1 cm³/mol. The fourth-order valence-corrected chi connectivity index (χ4v) is 2.13. The Labute approximate surface area is 109 Å². The van der Waals surface area contributed by atoms with Gasteiger partial charge in [-0.05, 0) is 50.0 Å². The van der Waals surface area contributed by atoms with Gasteiger partial charge in [0.15, 0.2) is 5.82 Å². The Hall–Kier alpha value is -0.970. The van der Waals surface area contributed by atoms with Crippen LogP contribution in [0.5, 0.6) is 0 Å². The SMILES string of the molecule is CCC(CC1CC1)n1nnnc1CNC(C)(C)C. The van der Waals surface area contributed by atoms with E-state index in [-0.39, 0.29) is 5.54 Å². The van der Waals surface area contributed by atoms with Crippen LogP contribution >= 0.6 is 0 Å². The average Bonchev–Trinajstić information content (AvgIpc) is 2.99. The highest BCUT2D eigenvalue weighted by atomic mass is 15.6. The van der Waals surface area contributed by atoms with E-state index in [4.69, 9.17) is 0 Å². The van der Waals surface area contributed by atoms with Gasteiger partial charge in [0.1, 0.15) is 0 Å². The molecule has 1 fully saturated rings. The van der Waals surface area contributed by atoms with Gasteiger partial charge in [0.2, 0.25) is 0 Å². The molecule has 0 saturated heterocycles. The lowest BCUT2D eigenvalue weighted by molar-refractivity contribution is 0.355. The third-order valence-electron chi connectivity index (χ3n) is 3.46. The maximum Gasteiger partial charge on any atom is 0.165 e. The molecular weight excluding hydrogens is 226 g/mol. The standard InChI is InChI=1S/C13H25N5/c1-5-11(8-10-6-7-10)18-12(15-16-17-18)9-14-13(2,3)4/h10-11,14H,5-9H2,1-4H3. The van der Waals surface area contributed by atoms with E-state index in [9.17, 15) is 0 Å². The maximum atomic E-state index is 4.18. The number of hydrogen-bond donors (Lipinski definition) is 1. The predicted octanol–water partition coefficient (Wildman–Crippen LogP) is 2.31. The lowest BCUT2D eigenvalue weighted by Crippen LogP contribution is -2.36. The highest BCUT2D eigenvalue weighted by Gasteiger charge is 2.27. The number of hydrogen-bond acceptors (Lipinski definition) is 4. The summed E-state index contributed by atoms with van der Waals surface area (Å²) in [7, 11) is 0. The van der Waals surface area contributed by atoms with E-state index >= 15 is 0 Å². The minimum absolute atomic E-state index is 0.0922. The molecule has 0 radical (unpaired) electrons. The number of tetrazole rings is 1. The Kier molecular flexibility index (Phi) is 4.00. The summed E-state index contributed by atoms with van der Waals surface area (Å²) in [5, 5.41) is 15.6. The first kappa shape index (κ1) is 13.5. The van der Waals surface area contributed by atoms with E-state index in [0.717, 1.165) is 24.7 Å². The van der Waals surface area contributed by atoms with Crippen LogP contribution in [0.1, 0.15) is 65.2 Å². The minimum atomic E-state index is 0.0922. The average molecular weight is 251 g/mol. The van der Waals surface area contributed by atoms with Crippen molar-refractivity contribution in [3.8, 4) is 0 Å². The van der Waals surface area contributed by atoms with Crippen LogP contribution in [0.3, 0.4) is 0 Å². The summed E-state index contributed by atoms with van der Waals surface area (Å²) in [5.41, 5.74) is 0.0922. The summed E-state index contributed by atoms with van der Waals surface area (Å²) >= 11 is 0. The zero-order valence-corrected chi connectivity index (χ0v) is 12.0. The van der Waals surface area contributed by atoms with Crippen LogP contribution in [-0.4, -0.2) is 25.7 Å². The molecule has 1 heterocycles. The van der Waals surface area contributed by atoms with Gasteiger partial charge in [-0.3, -0.25) is 0 Å². The Balaban J connectivity index is 2.00. The molecule has 0 aromatic carbocycles. The third kappa shape index (κ3) is 3.77. The molecule has 0 bridgehead atoms. The molecule has 1 saturated carbocycles. The molecule has 1 aliphatic carbocycles. The molecule has 1 N–H and O–H groups in total. The third-order valence-corrected chi connectivity index (χ3v) is 3.46. The minimum Gasteiger partial charge on any atom is -0.305 e. The fraction of sp³-hybridized carbons (Fsp3) is 0.923. The van der Waals surface area contributed by atoms with E-state index < -0.39 is 0 Å².